The maximum Gasteiger partial charge on any atom is 0.501 e. The van der Waals surface area contributed by atoms with E-state index in [9.17, 15) is 0 Å². The largest absolute Gasteiger partial charge is 0.501 e. The van der Waals surface area contributed by atoms with Crippen molar-refractivity contribution in [3.8, 4) is 0 Å². The quantitative estimate of drug-likeness (QED) is 0.320. The molecule has 0 aromatic rings. The molecule has 0 aliphatic heterocycles. The van der Waals surface area contributed by atoms with Gasteiger partial charge in [-0.05, 0) is 27.2 Å². The topological polar surface area (TPSA) is 57.2 Å². The first-order chi connectivity index (χ1) is 9.10. The van der Waals surface area contributed by atoms with Gasteiger partial charge in [-0.15, -0.1) is 0 Å². The second-order valence-electron chi connectivity index (χ2n) is 4.23. The van der Waals surface area contributed by atoms with Crippen molar-refractivity contribution in [2.75, 3.05) is 39.6 Å². The predicted molar refractivity (Wildman–Crippen MR) is 77.1 cm³/mol. The molecule has 0 heterocycles. The van der Waals surface area contributed by atoms with Crippen LogP contribution in [-0.4, -0.2) is 53.6 Å². The van der Waals surface area contributed by atoms with Gasteiger partial charge in [0.05, 0.1) is 19.8 Å². The van der Waals surface area contributed by atoms with Crippen molar-refractivity contribution in [3.63, 3.8) is 0 Å². The van der Waals surface area contributed by atoms with Crippen molar-refractivity contribution in [1.29, 1.82) is 0 Å². The highest BCUT2D eigenvalue weighted by Crippen LogP contribution is 2.18. The van der Waals surface area contributed by atoms with Crippen LogP contribution in [0.15, 0.2) is 12.2 Å². The van der Waals surface area contributed by atoms with Gasteiger partial charge in [0, 0.05) is 25.9 Å². The van der Waals surface area contributed by atoms with Gasteiger partial charge in [0.2, 0.25) is 0 Å². The Balaban J connectivity index is 4.17. The fraction of sp³-hybridized carbons (Fsp3) is 0.846. The molecular formula is C13H28O5Si. The van der Waals surface area contributed by atoms with E-state index in [1.54, 1.807) is 0 Å². The smallest absolute Gasteiger partial charge is 0.394 e. The number of aliphatic hydroxyl groups excluding tert-OH is 1. The molecule has 0 aliphatic rings. The molecule has 0 aromatic heterocycles. The van der Waals surface area contributed by atoms with Crippen LogP contribution < -0.4 is 0 Å². The normalized spacial score (nSPS) is 11.8. The summed E-state index contributed by atoms with van der Waals surface area (Å²) in [6.07, 6.45) is 0.810. The van der Waals surface area contributed by atoms with Crippen LogP contribution in [0.2, 0.25) is 6.04 Å². The van der Waals surface area contributed by atoms with Gasteiger partial charge in [-0.1, -0.05) is 12.2 Å². The summed E-state index contributed by atoms with van der Waals surface area (Å²) >= 11 is 0. The number of hydrogen-bond acceptors (Lipinski definition) is 5. The van der Waals surface area contributed by atoms with Crippen molar-refractivity contribution in [2.24, 2.45) is 0 Å². The molecule has 19 heavy (non-hydrogen) atoms. The van der Waals surface area contributed by atoms with E-state index >= 15 is 0 Å². The van der Waals surface area contributed by atoms with Crippen LogP contribution in [0, 0.1) is 0 Å². The maximum absolute atomic E-state index is 8.89. The van der Waals surface area contributed by atoms with Gasteiger partial charge in [0.25, 0.3) is 0 Å². The molecule has 0 aliphatic carbocycles. The van der Waals surface area contributed by atoms with Crippen LogP contribution in [0.25, 0.3) is 0 Å². The molecule has 0 amide bonds. The van der Waals surface area contributed by atoms with Gasteiger partial charge in [-0.2, -0.15) is 0 Å². The van der Waals surface area contributed by atoms with Gasteiger partial charge in [0.15, 0.2) is 0 Å². The van der Waals surface area contributed by atoms with Crippen LogP contribution in [0.5, 0.6) is 0 Å². The number of hydrogen-bond donors (Lipinski definition) is 1. The lowest BCUT2D eigenvalue weighted by molar-refractivity contribution is 0.0503. The minimum Gasteiger partial charge on any atom is -0.394 e. The van der Waals surface area contributed by atoms with Crippen LogP contribution >= 0.6 is 0 Å². The molecule has 0 spiro atoms. The summed E-state index contributed by atoms with van der Waals surface area (Å²) in [6, 6.07) is 0.699. The maximum atomic E-state index is 8.89. The van der Waals surface area contributed by atoms with Gasteiger partial charge in [-0.3, -0.25) is 0 Å². The molecule has 5 nitrogen and oxygen atoms in total. The van der Waals surface area contributed by atoms with Gasteiger partial charge in [0.1, 0.15) is 0 Å². The minimum atomic E-state index is -2.66. The fourth-order valence-corrected chi connectivity index (χ4v) is 4.16. The lowest BCUT2D eigenvalue weighted by Crippen LogP contribution is -2.46. The third-order valence-electron chi connectivity index (χ3n) is 2.26. The summed E-state index contributed by atoms with van der Waals surface area (Å²) in [5.41, 5.74) is 1.01. The Morgan fingerprint density at radius 3 is 2.21 bits per heavy atom. The zero-order valence-electron chi connectivity index (χ0n) is 12.4. The highest BCUT2D eigenvalue weighted by molar-refractivity contribution is 6.60. The third kappa shape index (κ3) is 9.31. The molecule has 0 fully saturated rings. The molecule has 0 unspecified atom stereocenters. The summed E-state index contributed by atoms with van der Waals surface area (Å²) < 4.78 is 22.5. The monoisotopic (exact) mass is 292 g/mol. The van der Waals surface area contributed by atoms with E-state index in [0.717, 1.165) is 12.0 Å². The van der Waals surface area contributed by atoms with E-state index in [-0.39, 0.29) is 13.2 Å². The Kier molecular flexibility index (Phi) is 11.4. The number of aliphatic hydroxyl groups is 1. The molecule has 6 heteroatoms. The molecule has 114 valence electrons. The molecule has 1 N–H and O–H groups in total. The van der Waals surface area contributed by atoms with Gasteiger partial charge >= 0.3 is 8.80 Å². The molecule has 0 bridgehead atoms. The summed E-state index contributed by atoms with van der Waals surface area (Å²) in [5.74, 6) is 0. The molecular weight excluding hydrogens is 264 g/mol. The first-order valence-corrected chi connectivity index (χ1v) is 8.78. The van der Waals surface area contributed by atoms with E-state index in [2.05, 4.69) is 6.58 Å². The average molecular weight is 292 g/mol. The Bertz CT molecular complexity index is 229. The van der Waals surface area contributed by atoms with Gasteiger partial charge < -0.3 is 23.1 Å². The standard InChI is InChI=1S/C13H28O5Si/c1-5-16-19(17-6-2,18-10-8-14)11-7-9-15-12-13(3)4/h14H,3,5-12H2,1-2,4H3. The highest BCUT2D eigenvalue weighted by atomic mass is 28.4. The minimum absolute atomic E-state index is 0.0267. The van der Waals surface area contributed by atoms with Crippen LogP contribution in [-0.2, 0) is 18.0 Å². The van der Waals surface area contributed by atoms with Crippen LogP contribution in [0.1, 0.15) is 27.2 Å². The molecule has 0 aromatic carbocycles. The van der Waals surface area contributed by atoms with Crippen molar-refractivity contribution in [3.05, 3.63) is 12.2 Å². The summed E-state index contributed by atoms with van der Waals surface area (Å²) in [6.45, 7) is 12.1. The van der Waals surface area contributed by atoms with E-state index in [0.29, 0.717) is 32.5 Å². The van der Waals surface area contributed by atoms with Crippen molar-refractivity contribution in [1.82, 2.24) is 0 Å². The SMILES string of the molecule is C=C(C)COCCC[Si](OCC)(OCC)OCCO. The Labute approximate surface area is 117 Å². The fourth-order valence-electron chi connectivity index (χ4n) is 1.62. The van der Waals surface area contributed by atoms with Crippen molar-refractivity contribution < 1.29 is 23.1 Å². The number of rotatable bonds is 13. The summed E-state index contributed by atoms with van der Waals surface area (Å²) in [5, 5.41) is 8.89. The first-order valence-electron chi connectivity index (χ1n) is 6.85. The molecule has 0 radical (unpaired) electrons. The Morgan fingerprint density at radius 2 is 1.74 bits per heavy atom. The van der Waals surface area contributed by atoms with E-state index < -0.39 is 8.80 Å². The van der Waals surface area contributed by atoms with Crippen molar-refractivity contribution >= 4 is 8.80 Å². The highest BCUT2D eigenvalue weighted by Gasteiger charge is 2.39. The zero-order chi connectivity index (χ0) is 14.6. The molecule has 0 saturated heterocycles. The lowest BCUT2D eigenvalue weighted by atomic mass is 10.4. The van der Waals surface area contributed by atoms with Crippen LogP contribution in [0.4, 0.5) is 0 Å². The summed E-state index contributed by atoms with van der Waals surface area (Å²) in [7, 11) is -2.66. The van der Waals surface area contributed by atoms with Gasteiger partial charge in [-0.25, -0.2) is 0 Å². The molecule has 0 atom stereocenters. The van der Waals surface area contributed by atoms with E-state index in [1.807, 2.05) is 20.8 Å². The molecule has 0 rings (SSSR count). The van der Waals surface area contributed by atoms with E-state index in [1.165, 1.54) is 0 Å². The second kappa shape index (κ2) is 11.6. The van der Waals surface area contributed by atoms with Crippen molar-refractivity contribution in [2.45, 2.75) is 33.2 Å². The third-order valence-corrected chi connectivity index (χ3v) is 5.33. The second-order valence-corrected chi connectivity index (χ2v) is 6.97. The first kappa shape index (κ1) is 18.8. The Morgan fingerprint density at radius 1 is 1.11 bits per heavy atom. The number of ether oxygens (including phenoxy) is 1. The predicted octanol–water partition coefficient (Wildman–Crippen LogP) is 1.99. The zero-order valence-corrected chi connectivity index (χ0v) is 13.4. The van der Waals surface area contributed by atoms with E-state index in [4.69, 9.17) is 23.1 Å². The summed E-state index contributed by atoms with van der Waals surface area (Å²) in [4.78, 5) is 0. The average Bonchev–Trinajstić information content (AvgIpc) is 2.36. The lowest BCUT2D eigenvalue weighted by Gasteiger charge is -2.28. The Hall–Kier alpha value is -0.243. The molecule has 0 saturated carbocycles. The van der Waals surface area contributed by atoms with Crippen LogP contribution in [0.3, 0.4) is 0 Å².